The van der Waals surface area contributed by atoms with Gasteiger partial charge in [-0.15, -0.1) is 0 Å². The number of halogens is 1. The number of amides is 1. The molecule has 0 spiro atoms. The minimum atomic E-state index is -1.00. The first kappa shape index (κ1) is 15.4. The van der Waals surface area contributed by atoms with Crippen molar-refractivity contribution in [2.45, 2.75) is 18.9 Å². The molecule has 0 fully saturated rings. The van der Waals surface area contributed by atoms with Gasteiger partial charge in [0.15, 0.2) is 0 Å². The molecule has 0 bridgehead atoms. The second-order valence-corrected chi connectivity index (χ2v) is 5.60. The van der Waals surface area contributed by atoms with Gasteiger partial charge in [0.1, 0.15) is 5.82 Å². The van der Waals surface area contributed by atoms with Crippen LogP contribution in [0.1, 0.15) is 18.9 Å². The highest BCUT2D eigenvalue weighted by molar-refractivity contribution is 6.05. The van der Waals surface area contributed by atoms with Crippen molar-refractivity contribution in [1.29, 1.82) is 0 Å². The summed E-state index contributed by atoms with van der Waals surface area (Å²) in [5.41, 5.74) is 0.414. The van der Waals surface area contributed by atoms with Crippen molar-refractivity contribution in [3.63, 3.8) is 0 Å². The van der Waals surface area contributed by atoms with Crippen LogP contribution in [0.5, 0.6) is 0 Å². The normalized spacial score (nSPS) is 21.1. The molecule has 1 aliphatic rings. The van der Waals surface area contributed by atoms with Gasteiger partial charge in [-0.3, -0.25) is 4.79 Å². The third-order valence-corrected chi connectivity index (χ3v) is 3.36. The first-order valence-corrected chi connectivity index (χ1v) is 6.85. The van der Waals surface area contributed by atoms with Gasteiger partial charge < -0.3 is 15.1 Å². The summed E-state index contributed by atoms with van der Waals surface area (Å²) in [7, 11) is 3.88. The number of nitrogens with one attached hydrogen (secondary N) is 1. The minimum absolute atomic E-state index is 0.190. The summed E-state index contributed by atoms with van der Waals surface area (Å²) in [6.07, 6.45) is 0.367. The molecule has 5 nitrogen and oxygen atoms in total. The molecule has 6 heteroatoms. The molecule has 0 aromatic heterocycles. The first-order chi connectivity index (χ1) is 9.90. The third kappa shape index (κ3) is 3.78. The van der Waals surface area contributed by atoms with Gasteiger partial charge in [-0.05, 0) is 38.7 Å². The van der Waals surface area contributed by atoms with Crippen LogP contribution >= 0.6 is 0 Å². The minimum Gasteiger partial charge on any atom is -0.379 e. The van der Waals surface area contributed by atoms with Crippen LogP contribution in [0.2, 0.25) is 0 Å². The van der Waals surface area contributed by atoms with Gasteiger partial charge in [0.05, 0.1) is 5.71 Å². The monoisotopic (exact) mass is 293 g/mol. The Morgan fingerprint density at radius 3 is 2.71 bits per heavy atom. The van der Waals surface area contributed by atoms with Gasteiger partial charge >= 0.3 is 0 Å². The van der Waals surface area contributed by atoms with Crippen LogP contribution in [-0.2, 0) is 9.63 Å². The Kier molecular flexibility index (Phi) is 4.57. The van der Waals surface area contributed by atoms with Crippen LogP contribution in [0.25, 0.3) is 0 Å². The summed E-state index contributed by atoms with van der Waals surface area (Å²) < 4.78 is 12.9. The Morgan fingerprint density at radius 1 is 1.43 bits per heavy atom. The van der Waals surface area contributed by atoms with Gasteiger partial charge in [-0.1, -0.05) is 17.3 Å². The van der Waals surface area contributed by atoms with E-state index in [2.05, 4.69) is 10.5 Å². The van der Waals surface area contributed by atoms with Gasteiger partial charge in [0.2, 0.25) is 5.60 Å². The van der Waals surface area contributed by atoms with Gasteiger partial charge in [-0.25, -0.2) is 4.39 Å². The molecule has 1 amide bonds. The lowest BCUT2D eigenvalue weighted by Gasteiger charge is -2.21. The van der Waals surface area contributed by atoms with E-state index in [0.717, 1.165) is 12.1 Å². The fraction of sp³-hybridized carbons (Fsp3) is 0.467. The Morgan fingerprint density at radius 2 is 2.10 bits per heavy atom. The molecular formula is C15H20FN3O2. The van der Waals surface area contributed by atoms with Gasteiger partial charge in [-0.2, -0.15) is 0 Å². The zero-order valence-electron chi connectivity index (χ0n) is 12.5. The van der Waals surface area contributed by atoms with Crippen molar-refractivity contribution >= 4 is 11.6 Å². The van der Waals surface area contributed by atoms with Crippen LogP contribution in [0.4, 0.5) is 4.39 Å². The predicted octanol–water partition coefficient (Wildman–Crippen LogP) is 1.39. The Labute approximate surface area is 123 Å². The van der Waals surface area contributed by atoms with E-state index in [1.165, 1.54) is 12.1 Å². The lowest BCUT2D eigenvalue weighted by Crippen LogP contribution is -2.46. The summed E-state index contributed by atoms with van der Waals surface area (Å²) in [5.74, 6) is -0.493. The molecule has 0 saturated carbocycles. The van der Waals surface area contributed by atoms with E-state index in [0.29, 0.717) is 18.7 Å². The van der Waals surface area contributed by atoms with Crippen molar-refractivity contribution in [2.24, 2.45) is 5.16 Å². The fourth-order valence-corrected chi connectivity index (χ4v) is 2.04. The van der Waals surface area contributed by atoms with Crippen LogP contribution in [-0.4, -0.2) is 49.3 Å². The zero-order valence-corrected chi connectivity index (χ0v) is 12.5. The summed E-state index contributed by atoms with van der Waals surface area (Å²) in [4.78, 5) is 19.5. The molecule has 0 aliphatic carbocycles. The number of hydrogen-bond donors (Lipinski definition) is 1. The second-order valence-electron chi connectivity index (χ2n) is 5.60. The molecule has 2 rings (SSSR count). The quantitative estimate of drug-likeness (QED) is 0.892. The van der Waals surface area contributed by atoms with Crippen LogP contribution < -0.4 is 5.32 Å². The third-order valence-electron chi connectivity index (χ3n) is 3.36. The lowest BCUT2D eigenvalue weighted by molar-refractivity contribution is -0.141. The van der Waals surface area contributed by atoms with E-state index in [1.54, 1.807) is 19.1 Å². The Bertz CT molecular complexity index is 542. The van der Waals surface area contributed by atoms with Crippen molar-refractivity contribution < 1.29 is 14.0 Å². The summed E-state index contributed by atoms with van der Waals surface area (Å²) in [6.45, 7) is 3.02. The molecule has 1 aromatic carbocycles. The fourth-order valence-electron chi connectivity index (χ4n) is 2.04. The first-order valence-electron chi connectivity index (χ1n) is 6.85. The maximum Gasteiger partial charge on any atom is 0.267 e. The number of likely N-dealkylation sites (N-methyl/N-ethyl adjacent to an activating group) is 1. The van der Waals surface area contributed by atoms with E-state index < -0.39 is 5.60 Å². The van der Waals surface area contributed by atoms with Gasteiger partial charge in [0.25, 0.3) is 5.91 Å². The molecule has 21 heavy (non-hydrogen) atoms. The highest BCUT2D eigenvalue weighted by atomic mass is 19.1. The molecule has 1 N–H and O–H groups in total. The highest BCUT2D eigenvalue weighted by Gasteiger charge is 2.41. The summed E-state index contributed by atoms with van der Waals surface area (Å²) in [5, 5.41) is 6.81. The molecule has 1 aromatic rings. The Hall–Kier alpha value is -1.95. The van der Waals surface area contributed by atoms with E-state index in [1.807, 2.05) is 19.0 Å². The smallest absolute Gasteiger partial charge is 0.267 e. The molecule has 114 valence electrons. The average molecular weight is 293 g/mol. The van der Waals surface area contributed by atoms with Crippen molar-refractivity contribution in [3.8, 4) is 0 Å². The highest BCUT2D eigenvalue weighted by Crippen LogP contribution is 2.26. The van der Waals surface area contributed by atoms with E-state index in [4.69, 9.17) is 4.84 Å². The lowest BCUT2D eigenvalue weighted by atomic mass is 9.95. The van der Waals surface area contributed by atoms with Gasteiger partial charge in [0, 0.05) is 19.5 Å². The molecule has 1 atom stereocenters. The van der Waals surface area contributed by atoms with Crippen molar-refractivity contribution in [3.05, 3.63) is 35.6 Å². The maximum atomic E-state index is 12.9. The topological polar surface area (TPSA) is 53.9 Å². The number of benzene rings is 1. The van der Waals surface area contributed by atoms with Crippen molar-refractivity contribution in [2.75, 3.05) is 27.2 Å². The summed E-state index contributed by atoms with van der Waals surface area (Å²) >= 11 is 0. The van der Waals surface area contributed by atoms with Crippen molar-refractivity contribution in [1.82, 2.24) is 10.2 Å². The largest absolute Gasteiger partial charge is 0.379 e. The molecule has 0 saturated heterocycles. The zero-order chi connectivity index (χ0) is 15.5. The molecule has 1 heterocycles. The molecule has 1 aliphatic heterocycles. The number of hydrogen-bond acceptors (Lipinski definition) is 4. The number of oxime groups is 1. The Balaban J connectivity index is 1.95. The van der Waals surface area contributed by atoms with Crippen LogP contribution in [0.15, 0.2) is 29.4 Å². The number of rotatable bonds is 5. The number of nitrogens with zero attached hydrogens (tertiary/aromatic N) is 2. The van der Waals surface area contributed by atoms with E-state index in [9.17, 15) is 9.18 Å². The SMILES string of the molecule is CN(C)CCNC(=O)[C@@]1(C)CC(c2ccc(F)cc2)=NO1. The molecule has 0 radical (unpaired) electrons. The van der Waals surface area contributed by atoms with Crippen LogP contribution in [0.3, 0.4) is 0 Å². The van der Waals surface area contributed by atoms with E-state index in [-0.39, 0.29) is 11.7 Å². The molecule has 0 unspecified atom stereocenters. The molecular weight excluding hydrogens is 273 g/mol. The maximum absolute atomic E-state index is 12.9. The standard InChI is InChI=1S/C15H20FN3O2/c1-15(14(20)17-8-9-19(2)3)10-13(18-21-15)11-4-6-12(16)7-5-11/h4-7H,8-10H2,1-3H3,(H,17,20)/t15-/m1/s1. The summed E-state index contributed by atoms with van der Waals surface area (Å²) in [6, 6.07) is 6.00. The number of carbonyl (C=O) groups excluding carboxylic acids is 1. The van der Waals surface area contributed by atoms with Crippen LogP contribution in [0, 0.1) is 5.82 Å². The van der Waals surface area contributed by atoms with E-state index >= 15 is 0 Å². The second kappa shape index (κ2) is 6.22. The average Bonchev–Trinajstić information content (AvgIpc) is 2.83. The predicted molar refractivity (Wildman–Crippen MR) is 78.6 cm³/mol. The number of carbonyl (C=O) groups is 1.